The van der Waals surface area contributed by atoms with Crippen molar-refractivity contribution >= 4 is 23.9 Å². The number of hydrogen-bond acceptors (Lipinski definition) is 6. The van der Waals surface area contributed by atoms with Crippen molar-refractivity contribution in [1.29, 1.82) is 0 Å². The first-order valence-corrected chi connectivity index (χ1v) is 8.79. The molecule has 6 heteroatoms. The van der Waals surface area contributed by atoms with E-state index in [2.05, 4.69) is 0 Å². The smallest absolute Gasteiger partial charge is 0.347 e. The molecule has 0 amide bonds. The van der Waals surface area contributed by atoms with Gasteiger partial charge in [-0.25, -0.2) is 19.2 Å². The van der Waals surface area contributed by atoms with Crippen molar-refractivity contribution in [3.05, 3.63) is 68.8 Å². The van der Waals surface area contributed by atoms with E-state index in [-0.39, 0.29) is 5.92 Å². The molecule has 2 aromatic rings. The summed E-state index contributed by atoms with van der Waals surface area (Å²) in [7, 11) is 0. The number of esters is 4. The first-order valence-electron chi connectivity index (χ1n) is 8.79. The molecule has 0 spiro atoms. The van der Waals surface area contributed by atoms with E-state index >= 15 is 0 Å². The lowest BCUT2D eigenvalue weighted by molar-refractivity contribution is 0.0424. The third-order valence-electron chi connectivity index (χ3n) is 5.61. The molecule has 0 radical (unpaired) electrons. The Hall–Kier alpha value is -3.28. The summed E-state index contributed by atoms with van der Waals surface area (Å²) in [5.41, 5.74) is 4.13. The van der Waals surface area contributed by atoms with Crippen LogP contribution in [-0.2, 0) is 28.7 Å². The van der Waals surface area contributed by atoms with Crippen LogP contribution in [-0.4, -0.2) is 23.9 Å². The number of carbonyl (C=O) groups is 4. The van der Waals surface area contributed by atoms with Crippen LogP contribution in [0.4, 0.5) is 0 Å². The van der Waals surface area contributed by atoms with Crippen molar-refractivity contribution in [3.63, 3.8) is 0 Å². The maximum absolute atomic E-state index is 12.3. The van der Waals surface area contributed by atoms with Crippen molar-refractivity contribution in [2.45, 2.75) is 32.1 Å². The van der Waals surface area contributed by atoms with Crippen LogP contribution in [0.1, 0.15) is 76.5 Å². The summed E-state index contributed by atoms with van der Waals surface area (Å²) >= 11 is 0. The van der Waals surface area contributed by atoms with Gasteiger partial charge < -0.3 is 9.47 Å². The van der Waals surface area contributed by atoms with Gasteiger partial charge in [-0.2, -0.15) is 0 Å². The maximum atomic E-state index is 12.3. The van der Waals surface area contributed by atoms with Crippen LogP contribution >= 0.6 is 0 Å². The molecule has 2 aliphatic heterocycles. The third-order valence-corrected chi connectivity index (χ3v) is 5.61. The number of fused-ring (bicyclic) bond motifs is 12. The molecule has 1 unspecified atom stereocenters. The number of hydrogen-bond donors (Lipinski definition) is 0. The van der Waals surface area contributed by atoms with Crippen molar-refractivity contribution in [2.75, 3.05) is 0 Å². The molecule has 0 saturated heterocycles. The monoisotopic (exact) mass is 362 g/mol. The van der Waals surface area contributed by atoms with Crippen LogP contribution in [0.5, 0.6) is 0 Å². The summed E-state index contributed by atoms with van der Waals surface area (Å²) in [5.74, 6) is -2.64. The van der Waals surface area contributed by atoms with Gasteiger partial charge in [0.25, 0.3) is 0 Å². The first-order chi connectivity index (χ1) is 13.0. The second-order valence-corrected chi connectivity index (χ2v) is 7.16. The maximum Gasteiger partial charge on any atom is 0.347 e. The van der Waals surface area contributed by atoms with Gasteiger partial charge in [0.1, 0.15) is 0 Å². The van der Waals surface area contributed by atoms with Crippen LogP contribution < -0.4 is 0 Å². The Kier molecular flexibility index (Phi) is 3.16. The van der Waals surface area contributed by atoms with Gasteiger partial charge in [-0.15, -0.1) is 0 Å². The van der Waals surface area contributed by atoms with Gasteiger partial charge in [-0.3, -0.25) is 0 Å². The van der Waals surface area contributed by atoms with E-state index in [1.807, 2.05) is 31.2 Å². The summed E-state index contributed by atoms with van der Waals surface area (Å²) in [6.07, 6.45) is 1.30. The van der Waals surface area contributed by atoms with Gasteiger partial charge in [0, 0.05) is 0 Å². The number of carbonyl (C=O) groups excluding carboxylic acids is 4. The van der Waals surface area contributed by atoms with Gasteiger partial charge >= 0.3 is 23.9 Å². The van der Waals surface area contributed by atoms with Gasteiger partial charge in [0.05, 0.1) is 22.3 Å². The van der Waals surface area contributed by atoms with Crippen molar-refractivity contribution in [1.82, 2.24) is 0 Å². The van der Waals surface area contributed by atoms with Crippen LogP contribution in [0, 0.1) is 0 Å². The van der Waals surface area contributed by atoms with E-state index in [0.717, 1.165) is 0 Å². The molecule has 0 fully saturated rings. The number of aryl methyl sites for hydroxylation is 2. The molecule has 2 aromatic carbocycles. The quantitative estimate of drug-likeness (QED) is 0.529. The van der Waals surface area contributed by atoms with E-state index in [1.165, 1.54) is 0 Å². The lowest BCUT2D eigenvalue weighted by atomic mass is 9.82. The molecular weight excluding hydrogens is 348 g/mol. The Morgan fingerprint density at radius 3 is 1.74 bits per heavy atom. The lowest BCUT2D eigenvalue weighted by Gasteiger charge is -2.19. The number of ether oxygens (including phenoxy) is 2. The molecule has 3 aliphatic rings. The number of benzene rings is 2. The molecule has 0 aromatic heterocycles. The molecule has 0 N–H and O–H groups in total. The SMILES string of the molecule is CC1Cc2ccc(c3c2C(=O)OC3=O)CCc2ccc1c1c2C(=O)OC1=O. The zero-order valence-electron chi connectivity index (χ0n) is 14.5. The van der Waals surface area contributed by atoms with Gasteiger partial charge in [-0.05, 0) is 47.4 Å². The van der Waals surface area contributed by atoms with Crippen LogP contribution in [0.15, 0.2) is 24.3 Å². The fraction of sp³-hybridized carbons (Fsp3) is 0.238. The summed E-state index contributed by atoms with van der Waals surface area (Å²) in [4.78, 5) is 49.0. The minimum absolute atomic E-state index is 0.163. The molecule has 4 bridgehead atoms. The predicted octanol–water partition coefficient (Wildman–Crippen LogP) is 2.75. The standard InChI is InChI=1S/C21H14O6/c1-9-8-12-5-4-10(14-16(12)20(24)26-18(14)22)2-3-11-6-7-13(9)17-15(11)19(23)27-21(17)25/h4-7,9H,2-3,8H2,1H3. The highest BCUT2D eigenvalue weighted by Gasteiger charge is 2.38. The van der Waals surface area contributed by atoms with E-state index in [1.54, 1.807) is 0 Å². The molecule has 2 heterocycles. The molecule has 5 rings (SSSR count). The van der Waals surface area contributed by atoms with Gasteiger partial charge in [-0.1, -0.05) is 31.2 Å². The Bertz CT molecular complexity index is 1090. The second kappa shape index (κ2) is 5.36. The minimum Gasteiger partial charge on any atom is -0.386 e. The second-order valence-electron chi connectivity index (χ2n) is 7.16. The molecule has 0 saturated carbocycles. The highest BCUT2D eigenvalue weighted by molar-refractivity contribution is 6.17. The van der Waals surface area contributed by atoms with E-state index < -0.39 is 23.9 Å². The van der Waals surface area contributed by atoms with E-state index in [4.69, 9.17) is 9.47 Å². The normalized spacial score (nSPS) is 20.1. The van der Waals surface area contributed by atoms with E-state index in [0.29, 0.717) is 63.8 Å². The third kappa shape index (κ3) is 2.13. The van der Waals surface area contributed by atoms with Gasteiger partial charge in [0.2, 0.25) is 0 Å². The first kappa shape index (κ1) is 15.9. The number of cyclic esters (lactones) is 4. The Morgan fingerprint density at radius 1 is 0.667 bits per heavy atom. The number of rotatable bonds is 0. The Labute approximate surface area is 154 Å². The summed E-state index contributed by atoms with van der Waals surface area (Å²) in [6.45, 7) is 1.92. The van der Waals surface area contributed by atoms with Crippen LogP contribution in [0.25, 0.3) is 0 Å². The molecular formula is C21H14O6. The average molecular weight is 362 g/mol. The topological polar surface area (TPSA) is 86.7 Å². The van der Waals surface area contributed by atoms with Crippen molar-refractivity contribution in [3.8, 4) is 0 Å². The fourth-order valence-electron chi connectivity index (χ4n) is 4.35. The Morgan fingerprint density at radius 2 is 1.11 bits per heavy atom. The van der Waals surface area contributed by atoms with Crippen molar-refractivity contribution in [2.24, 2.45) is 0 Å². The summed E-state index contributed by atoms with van der Waals surface area (Å²) < 4.78 is 9.73. The highest BCUT2D eigenvalue weighted by atomic mass is 16.6. The van der Waals surface area contributed by atoms with Crippen LogP contribution in [0.2, 0.25) is 0 Å². The zero-order valence-corrected chi connectivity index (χ0v) is 14.5. The zero-order chi connectivity index (χ0) is 18.9. The predicted molar refractivity (Wildman–Crippen MR) is 91.9 cm³/mol. The molecule has 1 atom stereocenters. The lowest BCUT2D eigenvalue weighted by Crippen LogP contribution is -2.13. The minimum atomic E-state index is -0.621. The fourth-order valence-corrected chi connectivity index (χ4v) is 4.35. The summed E-state index contributed by atoms with van der Waals surface area (Å²) in [6, 6.07) is 7.40. The molecule has 6 nitrogen and oxygen atoms in total. The average Bonchev–Trinajstić information content (AvgIpc) is 3.09. The highest BCUT2D eigenvalue weighted by Crippen LogP contribution is 2.37. The molecule has 27 heavy (non-hydrogen) atoms. The van der Waals surface area contributed by atoms with Crippen molar-refractivity contribution < 1.29 is 28.7 Å². The van der Waals surface area contributed by atoms with E-state index in [9.17, 15) is 19.2 Å². The molecule has 134 valence electrons. The molecule has 1 aliphatic carbocycles. The van der Waals surface area contributed by atoms with Gasteiger partial charge in [0.15, 0.2) is 0 Å². The van der Waals surface area contributed by atoms with Crippen LogP contribution in [0.3, 0.4) is 0 Å². The Balaban J connectivity index is 1.75. The summed E-state index contributed by atoms with van der Waals surface area (Å²) in [5, 5.41) is 0. The largest absolute Gasteiger partial charge is 0.386 e.